The van der Waals surface area contributed by atoms with Crippen molar-refractivity contribution in [2.45, 2.75) is 0 Å². The number of aromatic nitrogens is 1. The Hall–Kier alpha value is -2.13. The first-order valence-corrected chi connectivity index (χ1v) is 3.70. The first-order valence-electron chi connectivity index (χ1n) is 3.70. The van der Waals surface area contributed by atoms with Crippen LogP contribution in [0.3, 0.4) is 0 Å². The van der Waals surface area contributed by atoms with Crippen LogP contribution in [-0.4, -0.2) is 4.73 Å². The Balaban J connectivity index is 2.51. The largest absolute Gasteiger partial charge is 0.300 e. The molecule has 1 aromatic carbocycles. The van der Waals surface area contributed by atoms with Crippen LogP contribution in [0.1, 0.15) is 0 Å². The first-order chi connectivity index (χ1) is 6.42. The highest BCUT2D eigenvalue weighted by atomic mass is 16.8. The Kier molecular flexibility index (Phi) is 1.78. The van der Waals surface area contributed by atoms with Crippen LogP contribution in [0, 0.1) is 0 Å². The predicted octanol–water partition coefficient (Wildman–Crippen LogP) is 2.30. The molecule has 0 radical (unpaired) electrons. The highest BCUT2D eigenvalue weighted by Crippen LogP contribution is 2.13. The van der Waals surface area contributed by atoms with E-state index in [4.69, 9.17) is 10.5 Å². The van der Waals surface area contributed by atoms with E-state index in [0.717, 1.165) is 10.9 Å². The second-order valence-corrected chi connectivity index (χ2v) is 2.45. The molecule has 2 rings (SSSR count). The van der Waals surface area contributed by atoms with Gasteiger partial charge in [-0.05, 0) is 17.7 Å². The third-order valence-corrected chi connectivity index (χ3v) is 1.72. The number of azide groups is 1. The smallest absolute Gasteiger partial charge is 0.138 e. The van der Waals surface area contributed by atoms with Gasteiger partial charge in [0.05, 0.1) is 5.52 Å². The van der Waals surface area contributed by atoms with Gasteiger partial charge in [0.15, 0.2) is 0 Å². The van der Waals surface area contributed by atoms with Gasteiger partial charge in [-0.1, -0.05) is 18.2 Å². The van der Waals surface area contributed by atoms with Crippen LogP contribution < -0.4 is 4.94 Å². The van der Waals surface area contributed by atoms with E-state index in [1.807, 2.05) is 30.3 Å². The van der Waals surface area contributed by atoms with Gasteiger partial charge >= 0.3 is 0 Å². The van der Waals surface area contributed by atoms with E-state index in [9.17, 15) is 0 Å². The van der Waals surface area contributed by atoms with Gasteiger partial charge in [0.25, 0.3) is 0 Å². The fraction of sp³-hybridized carbons (Fsp3) is 0. The van der Waals surface area contributed by atoms with Gasteiger partial charge in [-0.3, -0.25) is 4.94 Å². The van der Waals surface area contributed by atoms with Gasteiger partial charge in [-0.25, -0.2) is 0 Å². The maximum atomic E-state index is 8.06. The molecule has 0 atom stereocenters. The first kappa shape index (κ1) is 7.52. The molecule has 0 fully saturated rings. The second-order valence-electron chi connectivity index (χ2n) is 2.45. The monoisotopic (exact) mass is 174 g/mol. The van der Waals surface area contributed by atoms with E-state index < -0.39 is 0 Å². The van der Waals surface area contributed by atoms with E-state index in [2.05, 4.69) is 10.2 Å². The summed E-state index contributed by atoms with van der Waals surface area (Å²) in [5.41, 5.74) is 8.93. The summed E-state index contributed by atoms with van der Waals surface area (Å²) in [5.74, 6) is 0. The summed E-state index contributed by atoms with van der Waals surface area (Å²) < 4.78 is 1.41. The Bertz CT molecular complexity index is 470. The number of para-hydroxylation sites is 1. The molecule has 1 aromatic heterocycles. The minimum absolute atomic E-state index is 0.870. The highest BCUT2D eigenvalue weighted by Gasteiger charge is 1.98. The number of nitrogens with zero attached hydrogens (tertiary/aromatic N) is 4. The summed E-state index contributed by atoms with van der Waals surface area (Å²) in [6.07, 6.45) is 1.69. The molecule has 0 spiro atoms. The van der Waals surface area contributed by atoms with Crippen molar-refractivity contribution in [3.8, 4) is 0 Å². The standard InChI is InChI=1S/C8H6N4O/c9-10-11-13-12-6-5-7-3-1-2-4-8(7)12/h1-6H. The molecule has 64 valence electrons. The lowest BCUT2D eigenvalue weighted by Gasteiger charge is -1.98. The molecule has 0 saturated carbocycles. The van der Waals surface area contributed by atoms with Gasteiger partial charge in [-0.2, -0.15) is 4.73 Å². The van der Waals surface area contributed by atoms with E-state index >= 15 is 0 Å². The van der Waals surface area contributed by atoms with Gasteiger partial charge < -0.3 is 0 Å². The minimum Gasteiger partial charge on any atom is -0.300 e. The maximum absolute atomic E-state index is 8.06. The highest BCUT2D eigenvalue weighted by molar-refractivity contribution is 5.79. The zero-order valence-corrected chi connectivity index (χ0v) is 6.66. The summed E-state index contributed by atoms with van der Waals surface area (Å²) in [6, 6.07) is 9.52. The van der Waals surface area contributed by atoms with Crippen molar-refractivity contribution in [1.82, 2.24) is 4.73 Å². The van der Waals surface area contributed by atoms with E-state index in [1.54, 1.807) is 6.20 Å². The molecule has 5 heteroatoms. The molecular weight excluding hydrogens is 168 g/mol. The van der Waals surface area contributed by atoms with Crippen molar-refractivity contribution in [1.29, 1.82) is 0 Å². The summed E-state index contributed by atoms with van der Waals surface area (Å²) in [7, 11) is 0. The van der Waals surface area contributed by atoms with Crippen LogP contribution in [0.4, 0.5) is 0 Å². The molecule has 0 N–H and O–H groups in total. The van der Waals surface area contributed by atoms with Gasteiger partial charge in [0.2, 0.25) is 0 Å². The second kappa shape index (κ2) is 3.08. The van der Waals surface area contributed by atoms with Crippen molar-refractivity contribution < 1.29 is 4.94 Å². The number of rotatable bonds is 2. The maximum Gasteiger partial charge on any atom is 0.138 e. The lowest BCUT2D eigenvalue weighted by atomic mass is 10.3. The van der Waals surface area contributed by atoms with Gasteiger partial charge in [0.1, 0.15) is 5.28 Å². The van der Waals surface area contributed by atoms with Crippen molar-refractivity contribution in [3.05, 3.63) is 47.0 Å². The normalized spacial score (nSPS) is 9.54. The Labute approximate surface area is 73.7 Å². The van der Waals surface area contributed by atoms with E-state index in [-0.39, 0.29) is 0 Å². The molecule has 0 aliphatic rings. The van der Waals surface area contributed by atoms with Crippen LogP contribution in [0.2, 0.25) is 0 Å². The molecule has 0 saturated heterocycles. The number of hydrogen-bond donors (Lipinski definition) is 0. The van der Waals surface area contributed by atoms with Crippen LogP contribution >= 0.6 is 0 Å². The molecule has 2 aromatic rings. The van der Waals surface area contributed by atoms with E-state index in [0.29, 0.717) is 0 Å². The lowest BCUT2D eigenvalue weighted by Crippen LogP contribution is -2.00. The molecule has 0 bridgehead atoms. The van der Waals surface area contributed by atoms with Crippen LogP contribution in [-0.2, 0) is 0 Å². The zero-order chi connectivity index (χ0) is 9.10. The summed E-state index contributed by atoms with van der Waals surface area (Å²) in [6.45, 7) is 0. The number of fused-ring (bicyclic) bond motifs is 1. The molecule has 0 aliphatic heterocycles. The van der Waals surface area contributed by atoms with Crippen LogP contribution in [0.25, 0.3) is 21.3 Å². The predicted molar refractivity (Wildman–Crippen MR) is 47.7 cm³/mol. The minimum atomic E-state index is 0.870. The topological polar surface area (TPSA) is 62.9 Å². The fourth-order valence-corrected chi connectivity index (χ4v) is 1.18. The molecule has 5 nitrogen and oxygen atoms in total. The Morgan fingerprint density at radius 2 is 2.15 bits per heavy atom. The zero-order valence-electron chi connectivity index (χ0n) is 6.66. The summed E-state index contributed by atoms with van der Waals surface area (Å²) >= 11 is 0. The third kappa shape index (κ3) is 1.28. The molecule has 13 heavy (non-hydrogen) atoms. The SMILES string of the molecule is [N-]=[N+]=NOn1ccc2ccccc21. The number of benzene rings is 1. The van der Waals surface area contributed by atoms with Gasteiger partial charge in [-0.15, -0.1) is 0 Å². The molecular formula is C8H6N4O. The van der Waals surface area contributed by atoms with E-state index in [1.165, 1.54) is 4.73 Å². The lowest BCUT2D eigenvalue weighted by molar-refractivity contribution is 0.124. The number of hydrogen-bond acceptors (Lipinski definition) is 2. The van der Waals surface area contributed by atoms with Crippen molar-refractivity contribution in [3.63, 3.8) is 0 Å². The average molecular weight is 174 g/mol. The molecule has 0 amide bonds. The third-order valence-electron chi connectivity index (χ3n) is 1.72. The molecule has 0 aliphatic carbocycles. The quantitative estimate of drug-likeness (QED) is 0.298. The van der Waals surface area contributed by atoms with Crippen LogP contribution in [0.5, 0.6) is 0 Å². The van der Waals surface area contributed by atoms with Gasteiger partial charge in [0, 0.05) is 16.5 Å². The van der Waals surface area contributed by atoms with Crippen molar-refractivity contribution in [2.24, 2.45) is 5.28 Å². The molecule has 1 heterocycles. The van der Waals surface area contributed by atoms with Crippen molar-refractivity contribution >= 4 is 10.9 Å². The molecule has 0 unspecified atom stereocenters. The summed E-state index contributed by atoms with van der Waals surface area (Å²) in [5, 5.41) is 4.05. The fourth-order valence-electron chi connectivity index (χ4n) is 1.18. The summed E-state index contributed by atoms with van der Waals surface area (Å²) in [4.78, 5) is 7.23. The van der Waals surface area contributed by atoms with Crippen LogP contribution in [0.15, 0.2) is 41.8 Å². The Morgan fingerprint density at radius 1 is 1.31 bits per heavy atom. The average Bonchev–Trinajstić information content (AvgIpc) is 2.58. The Morgan fingerprint density at radius 3 is 3.00 bits per heavy atom. The van der Waals surface area contributed by atoms with Crippen molar-refractivity contribution in [2.75, 3.05) is 0 Å².